The molecule has 1 aliphatic heterocycles. The molecule has 1 N–H and O–H groups in total. The van der Waals surface area contributed by atoms with E-state index >= 15 is 0 Å². The molecule has 1 heterocycles. The Morgan fingerprint density at radius 3 is 2.58 bits per heavy atom. The van der Waals surface area contributed by atoms with Crippen LogP contribution in [0.3, 0.4) is 0 Å². The van der Waals surface area contributed by atoms with Crippen LogP contribution in [0.5, 0.6) is 0 Å². The Balaban J connectivity index is 2.02. The number of rotatable bonds is 2. The Labute approximate surface area is 191 Å². The molecule has 7 heteroatoms. The van der Waals surface area contributed by atoms with E-state index in [9.17, 15) is 14.7 Å². The molecule has 1 amide bonds. The molecule has 2 aromatic rings. The number of hydrogen-bond donors (Lipinski definition) is 1. The van der Waals surface area contributed by atoms with Gasteiger partial charge in [-0.1, -0.05) is 49.2 Å². The number of aliphatic hydroxyl groups is 1. The first-order valence-corrected chi connectivity index (χ1v) is 11.0. The van der Waals surface area contributed by atoms with Crippen molar-refractivity contribution >= 4 is 52.0 Å². The van der Waals surface area contributed by atoms with Crippen LogP contribution < -0.4 is 4.90 Å². The third-order valence-corrected chi connectivity index (χ3v) is 6.54. The molecular formula is C24H24Cl2N2O3. The normalized spacial score (nSPS) is 22.3. The molecule has 0 radical (unpaired) electrons. The summed E-state index contributed by atoms with van der Waals surface area (Å²) in [6.07, 6.45) is 1.03. The average molecular weight is 459 g/mol. The maximum Gasteiger partial charge on any atom is 0.224 e. The maximum atomic E-state index is 13.5. The number of carbonyl (C=O) groups is 2. The number of nitrogens with zero attached hydrogens (tertiary/aromatic N) is 2. The minimum atomic E-state index is -0.653. The fourth-order valence-corrected chi connectivity index (χ4v) is 5.25. The molecule has 31 heavy (non-hydrogen) atoms. The van der Waals surface area contributed by atoms with E-state index in [4.69, 9.17) is 28.2 Å². The standard InChI is InChI=1S/C24H24Cl2N2O3/c1-13(30)28-20-8-14(12-29)4-7-18(20)27-19-10-24(2,3)11-21(31)22(19)23(28)16-6-5-15(25)9-17(16)26/h4-9,22-23,29H,10-12H2,1-3H3. The summed E-state index contributed by atoms with van der Waals surface area (Å²) in [7, 11) is 0. The lowest BCUT2D eigenvalue weighted by atomic mass is 9.68. The highest BCUT2D eigenvalue weighted by atomic mass is 35.5. The molecular weight excluding hydrogens is 435 g/mol. The van der Waals surface area contributed by atoms with E-state index in [0.717, 1.165) is 5.71 Å². The lowest BCUT2D eigenvalue weighted by molar-refractivity contribution is -0.124. The Morgan fingerprint density at radius 2 is 1.94 bits per heavy atom. The van der Waals surface area contributed by atoms with E-state index in [1.165, 1.54) is 6.92 Å². The van der Waals surface area contributed by atoms with Crippen molar-refractivity contribution in [3.05, 3.63) is 57.6 Å². The number of ketones is 1. The lowest BCUT2D eigenvalue weighted by Crippen LogP contribution is -2.47. The zero-order chi connectivity index (χ0) is 22.5. The molecule has 1 fully saturated rings. The Kier molecular flexibility index (Phi) is 5.71. The predicted molar refractivity (Wildman–Crippen MR) is 123 cm³/mol. The molecule has 0 aromatic heterocycles. The molecule has 0 bridgehead atoms. The van der Waals surface area contributed by atoms with Gasteiger partial charge in [0, 0.05) is 29.1 Å². The summed E-state index contributed by atoms with van der Waals surface area (Å²) in [5.41, 5.74) is 2.99. The molecule has 4 rings (SSSR count). The minimum absolute atomic E-state index is 0.0347. The fraction of sp³-hybridized carbons (Fsp3) is 0.375. The van der Waals surface area contributed by atoms with Gasteiger partial charge in [0.05, 0.1) is 29.9 Å². The summed E-state index contributed by atoms with van der Waals surface area (Å²) in [6, 6.07) is 9.79. The topological polar surface area (TPSA) is 70.0 Å². The molecule has 0 spiro atoms. The molecule has 2 unspecified atom stereocenters. The van der Waals surface area contributed by atoms with Crippen LogP contribution in [0.15, 0.2) is 41.4 Å². The van der Waals surface area contributed by atoms with Crippen LogP contribution in [0.25, 0.3) is 0 Å². The molecule has 1 aliphatic carbocycles. The van der Waals surface area contributed by atoms with Gasteiger partial charge in [0.2, 0.25) is 5.91 Å². The Bertz CT molecular complexity index is 1110. The third kappa shape index (κ3) is 4.02. The highest BCUT2D eigenvalue weighted by molar-refractivity contribution is 6.35. The number of anilines is 1. The van der Waals surface area contributed by atoms with Crippen LogP contribution in [-0.2, 0) is 16.2 Å². The highest BCUT2D eigenvalue weighted by Crippen LogP contribution is 2.49. The zero-order valence-corrected chi connectivity index (χ0v) is 19.2. The van der Waals surface area contributed by atoms with E-state index in [1.54, 1.807) is 41.3 Å². The number of carbonyl (C=O) groups excluding carboxylic acids is 2. The van der Waals surface area contributed by atoms with Crippen LogP contribution >= 0.6 is 23.2 Å². The van der Waals surface area contributed by atoms with E-state index < -0.39 is 12.0 Å². The van der Waals surface area contributed by atoms with E-state index in [2.05, 4.69) is 13.8 Å². The van der Waals surface area contributed by atoms with Crippen molar-refractivity contribution in [2.24, 2.45) is 16.3 Å². The van der Waals surface area contributed by atoms with Crippen LogP contribution in [-0.4, -0.2) is 22.5 Å². The third-order valence-electron chi connectivity index (χ3n) is 5.98. The van der Waals surface area contributed by atoms with Gasteiger partial charge in [-0.15, -0.1) is 0 Å². The van der Waals surface area contributed by atoms with Gasteiger partial charge in [0.1, 0.15) is 5.78 Å². The largest absolute Gasteiger partial charge is 0.392 e. The summed E-state index contributed by atoms with van der Waals surface area (Å²) in [4.78, 5) is 33.0. The van der Waals surface area contributed by atoms with Crippen molar-refractivity contribution in [1.29, 1.82) is 0 Å². The summed E-state index contributed by atoms with van der Waals surface area (Å²) < 4.78 is 0. The van der Waals surface area contributed by atoms with Gasteiger partial charge in [-0.25, -0.2) is 0 Å². The van der Waals surface area contributed by atoms with Crippen molar-refractivity contribution in [3.63, 3.8) is 0 Å². The number of amides is 1. The number of Topliss-reactive ketones (excluding diaryl/α,β-unsaturated/α-hetero) is 1. The fourth-order valence-electron chi connectivity index (χ4n) is 4.73. The van der Waals surface area contributed by atoms with Gasteiger partial charge < -0.3 is 10.0 Å². The molecule has 2 atom stereocenters. The van der Waals surface area contributed by atoms with Gasteiger partial charge in [0.15, 0.2) is 0 Å². The number of aliphatic hydroxyl groups excluding tert-OH is 1. The lowest BCUT2D eigenvalue weighted by Gasteiger charge is -2.41. The van der Waals surface area contributed by atoms with Gasteiger partial charge in [-0.3, -0.25) is 14.6 Å². The number of halogens is 2. The molecule has 2 aliphatic rings. The first-order chi connectivity index (χ1) is 14.6. The summed E-state index contributed by atoms with van der Waals surface area (Å²) in [5, 5.41) is 10.5. The smallest absolute Gasteiger partial charge is 0.224 e. The minimum Gasteiger partial charge on any atom is -0.392 e. The summed E-state index contributed by atoms with van der Waals surface area (Å²) in [5.74, 6) is -0.811. The van der Waals surface area contributed by atoms with E-state index in [0.29, 0.717) is 45.4 Å². The van der Waals surface area contributed by atoms with Crippen molar-refractivity contribution < 1.29 is 14.7 Å². The molecule has 1 saturated carbocycles. The predicted octanol–water partition coefficient (Wildman–Crippen LogP) is 5.67. The summed E-state index contributed by atoms with van der Waals surface area (Å²) in [6.45, 7) is 5.40. The van der Waals surface area contributed by atoms with Crippen molar-refractivity contribution in [2.45, 2.75) is 46.3 Å². The van der Waals surface area contributed by atoms with Crippen LogP contribution in [0.2, 0.25) is 10.0 Å². The van der Waals surface area contributed by atoms with Crippen molar-refractivity contribution in [1.82, 2.24) is 0 Å². The first-order valence-electron chi connectivity index (χ1n) is 10.2. The number of benzene rings is 2. The van der Waals surface area contributed by atoms with Gasteiger partial charge in [-0.2, -0.15) is 0 Å². The summed E-state index contributed by atoms with van der Waals surface area (Å²) >= 11 is 12.7. The monoisotopic (exact) mass is 458 g/mol. The quantitative estimate of drug-likeness (QED) is 0.629. The van der Waals surface area contributed by atoms with Gasteiger partial charge in [0.25, 0.3) is 0 Å². The average Bonchev–Trinajstić information content (AvgIpc) is 2.80. The van der Waals surface area contributed by atoms with Crippen molar-refractivity contribution in [2.75, 3.05) is 4.90 Å². The molecule has 2 aromatic carbocycles. The Hall–Kier alpha value is -2.21. The number of hydrogen-bond acceptors (Lipinski definition) is 4. The molecule has 162 valence electrons. The van der Waals surface area contributed by atoms with Crippen LogP contribution in [0.4, 0.5) is 11.4 Å². The second-order valence-electron chi connectivity index (χ2n) is 9.05. The molecule has 0 saturated heterocycles. The second-order valence-corrected chi connectivity index (χ2v) is 9.89. The van der Waals surface area contributed by atoms with Crippen molar-refractivity contribution in [3.8, 4) is 0 Å². The maximum absolute atomic E-state index is 13.5. The van der Waals surface area contributed by atoms with E-state index in [1.807, 2.05) is 0 Å². The number of fused-ring (bicyclic) bond motifs is 2. The highest BCUT2D eigenvalue weighted by Gasteiger charge is 2.47. The number of aliphatic imine (C=N–C) groups is 1. The van der Waals surface area contributed by atoms with Crippen LogP contribution in [0, 0.1) is 11.3 Å². The zero-order valence-electron chi connectivity index (χ0n) is 17.7. The van der Waals surface area contributed by atoms with Crippen LogP contribution in [0.1, 0.15) is 50.8 Å². The van der Waals surface area contributed by atoms with E-state index in [-0.39, 0.29) is 23.7 Å². The second kappa shape index (κ2) is 8.05. The SMILES string of the molecule is CC(=O)N1c2cc(CO)ccc2N=C2CC(C)(C)CC(=O)C2C1c1ccc(Cl)cc1Cl. The van der Waals surface area contributed by atoms with Gasteiger partial charge >= 0.3 is 0 Å². The van der Waals surface area contributed by atoms with Gasteiger partial charge in [-0.05, 0) is 47.2 Å². The first kappa shape index (κ1) is 22.0. The Morgan fingerprint density at radius 1 is 1.19 bits per heavy atom. The molecule has 5 nitrogen and oxygen atoms in total.